The number of ether oxygens (including phenoxy) is 1. The fourth-order valence-electron chi connectivity index (χ4n) is 1.06. The minimum absolute atomic E-state index is 0.195. The Morgan fingerprint density at radius 1 is 1.29 bits per heavy atom. The van der Waals surface area contributed by atoms with Crippen molar-refractivity contribution in [2.24, 2.45) is 0 Å². The van der Waals surface area contributed by atoms with E-state index < -0.39 is 23.2 Å². The molecule has 0 unspecified atom stereocenters. The van der Waals surface area contributed by atoms with Crippen molar-refractivity contribution in [2.45, 2.75) is 32.5 Å². The molecule has 1 rings (SSSR count). The van der Waals surface area contributed by atoms with Gasteiger partial charge in [-0.05, 0) is 26.8 Å². The summed E-state index contributed by atoms with van der Waals surface area (Å²) in [5.41, 5.74) is 3.51. The average Bonchev–Trinajstić information content (AvgIpc) is 2.06. The summed E-state index contributed by atoms with van der Waals surface area (Å²) in [6.45, 7) is 4.83. The lowest BCUT2D eigenvalue weighted by Crippen LogP contribution is -2.25. The van der Waals surface area contributed by atoms with Crippen molar-refractivity contribution < 1.29 is 17.9 Å². The van der Waals surface area contributed by atoms with Crippen LogP contribution in [0.1, 0.15) is 26.3 Å². The third kappa shape index (κ3) is 3.66. The van der Waals surface area contributed by atoms with Crippen LogP contribution < -0.4 is 10.5 Å². The number of alkyl halides is 3. The van der Waals surface area contributed by atoms with Gasteiger partial charge in [0.2, 0.25) is 5.88 Å². The highest BCUT2D eigenvalue weighted by Gasteiger charge is 2.37. The zero-order valence-corrected chi connectivity index (χ0v) is 10.3. The van der Waals surface area contributed by atoms with E-state index in [4.69, 9.17) is 22.1 Å². The molecule has 0 saturated heterocycles. The summed E-state index contributed by atoms with van der Waals surface area (Å²) < 4.78 is 43.3. The van der Waals surface area contributed by atoms with E-state index in [2.05, 4.69) is 4.98 Å². The molecule has 0 aliphatic heterocycles. The first-order valence-electron chi connectivity index (χ1n) is 4.73. The Bertz CT molecular complexity index is 427. The predicted octanol–water partition coefficient (Wildman–Crippen LogP) is 3.51. The molecule has 0 radical (unpaired) electrons. The van der Waals surface area contributed by atoms with E-state index in [-0.39, 0.29) is 10.8 Å². The highest BCUT2D eigenvalue weighted by molar-refractivity contribution is 6.32. The largest absolute Gasteiger partial charge is 0.471 e. The molecular weight excluding hydrogens is 257 g/mol. The van der Waals surface area contributed by atoms with Gasteiger partial charge in [-0.1, -0.05) is 11.6 Å². The van der Waals surface area contributed by atoms with Gasteiger partial charge >= 0.3 is 6.18 Å². The van der Waals surface area contributed by atoms with E-state index in [9.17, 15) is 13.2 Å². The van der Waals surface area contributed by atoms with Crippen LogP contribution in [0.4, 0.5) is 19.0 Å². The lowest BCUT2D eigenvalue weighted by Gasteiger charge is -2.23. The number of aromatic nitrogens is 1. The van der Waals surface area contributed by atoms with Gasteiger partial charge in [0.05, 0.1) is 5.02 Å². The van der Waals surface area contributed by atoms with Crippen LogP contribution in [0.3, 0.4) is 0 Å². The highest BCUT2D eigenvalue weighted by Crippen LogP contribution is 2.39. The number of hydrogen-bond donors (Lipinski definition) is 1. The maximum Gasteiger partial charge on any atom is 0.421 e. The van der Waals surface area contributed by atoms with Gasteiger partial charge in [-0.15, -0.1) is 0 Å². The summed E-state index contributed by atoms with van der Waals surface area (Å²) in [5.74, 6) is -0.759. The first kappa shape index (κ1) is 13.9. The Hall–Kier alpha value is -1.17. The standard InChI is InChI=1S/C10H12ClF3N2O/c1-9(2,3)17-8-5(10(12,13)14)4-6(11)7(15)16-8/h4H,1-3H3,(H2,15,16). The van der Waals surface area contributed by atoms with Crippen molar-refractivity contribution in [3.8, 4) is 5.88 Å². The van der Waals surface area contributed by atoms with Gasteiger partial charge in [0.25, 0.3) is 0 Å². The van der Waals surface area contributed by atoms with Gasteiger partial charge in [-0.3, -0.25) is 0 Å². The highest BCUT2D eigenvalue weighted by atomic mass is 35.5. The number of hydrogen-bond acceptors (Lipinski definition) is 3. The Balaban J connectivity index is 3.32. The monoisotopic (exact) mass is 268 g/mol. The van der Waals surface area contributed by atoms with Crippen molar-refractivity contribution in [3.05, 3.63) is 16.7 Å². The topological polar surface area (TPSA) is 48.1 Å². The van der Waals surface area contributed by atoms with Gasteiger partial charge in [-0.25, -0.2) is 0 Å². The minimum Gasteiger partial charge on any atom is -0.471 e. The lowest BCUT2D eigenvalue weighted by atomic mass is 10.2. The fraction of sp³-hybridized carbons (Fsp3) is 0.500. The van der Waals surface area contributed by atoms with Gasteiger partial charge in [0.1, 0.15) is 17.0 Å². The molecule has 0 amide bonds. The summed E-state index contributed by atoms with van der Waals surface area (Å²) in [6.07, 6.45) is -4.59. The molecule has 1 aromatic heterocycles. The molecule has 0 fully saturated rings. The SMILES string of the molecule is CC(C)(C)Oc1nc(N)c(Cl)cc1C(F)(F)F. The second-order valence-corrected chi connectivity index (χ2v) is 4.83. The van der Waals surface area contributed by atoms with Crippen LogP contribution in [0.15, 0.2) is 6.07 Å². The fourth-order valence-corrected chi connectivity index (χ4v) is 1.21. The van der Waals surface area contributed by atoms with E-state index >= 15 is 0 Å². The van der Waals surface area contributed by atoms with Crippen LogP contribution in [0, 0.1) is 0 Å². The molecule has 0 bridgehead atoms. The molecule has 2 N–H and O–H groups in total. The van der Waals surface area contributed by atoms with Gasteiger partial charge in [0, 0.05) is 0 Å². The molecule has 17 heavy (non-hydrogen) atoms. The Morgan fingerprint density at radius 3 is 2.24 bits per heavy atom. The molecule has 0 aliphatic carbocycles. The molecular formula is C10H12ClF3N2O. The van der Waals surface area contributed by atoms with E-state index in [0.717, 1.165) is 0 Å². The minimum atomic E-state index is -4.59. The summed E-state index contributed by atoms with van der Waals surface area (Å²) >= 11 is 5.52. The molecule has 7 heteroatoms. The molecule has 1 aromatic rings. The number of nitrogens with zero attached hydrogens (tertiary/aromatic N) is 1. The number of anilines is 1. The normalized spacial score (nSPS) is 12.6. The molecule has 3 nitrogen and oxygen atoms in total. The third-order valence-electron chi connectivity index (χ3n) is 1.68. The number of nitrogens with two attached hydrogens (primary N) is 1. The molecule has 0 atom stereocenters. The average molecular weight is 269 g/mol. The quantitative estimate of drug-likeness (QED) is 0.848. The number of nitrogen functional groups attached to an aromatic ring is 1. The van der Waals surface area contributed by atoms with Crippen molar-refractivity contribution in [2.75, 3.05) is 5.73 Å². The summed E-state index contributed by atoms with van der Waals surface area (Å²) in [5, 5.41) is -0.251. The molecule has 96 valence electrons. The van der Waals surface area contributed by atoms with Crippen LogP contribution >= 0.6 is 11.6 Å². The number of pyridine rings is 1. The Labute approximate surface area is 102 Å². The van der Waals surface area contributed by atoms with E-state index in [1.807, 2.05) is 0 Å². The summed E-state index contributed by atoms with van der Waals surface area (Å²) in [4.78, 5) is 3.53. The number of halogens is 4. The molecule has 0 aliphatic rings. The molecule has 0 spiro atoms. The van der Waals surface area contributed by atoms with Crippen molar-refractivity contribution in [3.63, 3.8) is 0 Å². The smallest absolute Gasteiger partial charge is 0.421 e. The van der Waals surface area contributed by atoms with Gasteiger partial charge in [-0.2, -0.15) is 18.2 Å². The van der Waals surface area contributed by atoms with Crippen LogP contribution in [-0.2, 0) is 6.18 Å². The van der Waals surface area contributed by atoms with E-state index in [1.54, 1.807) is 20.8 Å². The molecule has 1 heterocycles. The van der Waals surface area contributed by atoms with Crippen LogP contribution in [0.5, 0.6) is 5.88 Å². The maximum absolute atomic E-state index is 12.7. The number of rotatable bonds is 1. The zero-order valence-electron chi connectivity index (χ0n) is 9.52. The van der Waals surface area contributed by atoms with Crippen molar-refractivity contribution in [1.29, 1.82) is 0 Å². The maximum atomic E-state index is 12.7. The third-order valence-corrected chi connectivity index (χ3v) is 1.98. The summed E-state index contributed by atoms with van der Waals surface area (Å²) in [6, 6.07) is 0.713. The Kier molecular flexibility index (Phi) is 3.47. The Morgan fingerprint density at radius 2 is 1.82 bits per heavy atom. The molecule has 0 aromatic carbocycles. The van der Waals surface area contributed by atoms with E-state index in [1.165, 1.54) is 0 Å². The first-order chi connectivity index (χ1) is 7.50. The lowest BCUT2D eigenvalue weighted by molar-refractivity contribution is -0.140. The predicted molar refractivity (Wildman–Crippen MR) is 59.0 cm³/mol. The van der Waals surface area contributed by atoms with E-state index in [0.29, 0.717) is 6.07 Å². The van der Waals surface area contributed by atoms with Crippen LogP contribution in [0.2, 0.25) is 5.02 Å². The zero-order chi connectivity index (χ0) is 13.4. The second kappa shape index (κ2) is 4.25. The second-order valence-electron chi connectivity index (χ2n) is 4.42. The van der Waals surface area contributed by atoms with Gasteiger partial charge < -0.3 is 10.5 Å². The first-order valence-corrected chi connectivity index (χ1v) is 5.11. The molecule has 0 saturated carbocycles. The van der Waals surface area contributed by atoms with Crippen LogP contribution in [-0.4, -0.2) is 10.6 Å². The van der Waals surface area contributed by atoms with Crippen molar-refractivity contribution in [1.82, 2.24) is 4.98 Å². The van der Waals surface area contributed by atoms with Crippen molar-refractivity contribution >= 4 is 17.4 Å². The van der Waals surface area contributed by atoms with Gasteiger partial charge in [0.15, 0.2) is 0 Å². The summed E-state index contributed by atoms with van der Waals surface area (Å²) in [7, 11) is 0. The van der Waals surface area contributed by atoms with Crippen LogP contribution in [0.25, 0.3) is 0 Å².